The van der Waals surface area contributed by atoms with E-state index in [1.54, 1.807) is 24.0 Å². The lowest BCUT2D eigenvalue weighted by Gasteiger charge is -2.20. The Bertz CT molecular complexity index is 1070. The van der Waals surface area contributed by atoms with E-state index >= 15 is 0 Å². The van der Waals surface area contributed by atoms with Gasteiger partial charge in [0.1, 0.15) is 11.9 Å². The summed E-state index contributed by atoms with van der Waals surface area (Å²) in [6.45, 7) is 1.67. The van der Waals surface area contributed by atoms with E-state index in [2.05, 4.69) is 15.2 Å². The molecule has 3 heterocycles. The molecule has 0 saturated heterocycles. The summed E-state index contributed by atoms with van der Waals surface area (Å²) in [5.41, 5.74) is 1.76. The van der Waals surface area contributed by atoms with Crippen molar-refractivity contribution in [3.8, 4) is 17.1 Å². The molecule has 3 aromatic heterocycles. The summed E-state index contributed by atoms with van der Waals surface area (Å²) in [5, 5.41) is 9.17. The molecule has 0 radical (unpaired) electrons. The molecular weight excluding hydrogens is 399 g/mol. The third-order valence-electron chi connectivity index (χ3n) is 5.38. The molecule has 160 valence electrons. The van der Waals surface area contributed by atoms with Crippen molar-refractivity contribution < 1.29 is 22.7 Å². The van der Waals surface area contributed by atoms with Crippen LogP contribution in [0.5, 0.6) is 5.88 Å². The predicted molar refractivity (Wildman–Crippen MR) is 103 cm³/mol. The summed E-state index contributed by atoms with van der Waals surface area (Å²) >= 11 is 0. The first kappa shape index (κ1) is 20.4. The van der Waals surface area contributed by atoms with Crippen LogP contribution in [0, 0.1) is 5.92 Å². The van der Waals surface area contributed by atoms with Crippen LogP contribution in [0.2, 0.25) is 0 Å². The van der Waals surface area contributed by atoms with Gasteiger partial charge in [0, 0.05) is 50.3 Å². The van der Waals surface area contributed by atoms with Gasteiger partial charge in [-0.15, -0.1) is 0 Å². The quantitative estimate of drug-likeness (QED) is 0.603. The SMILES string of the molecule is C[C@@H](Oc1nc(-c2cnn(CCC(F)(F)F)c2)cc2nn(C)cc12)[C@H]1CCC(=O)C1. The number of ketones is 1. The lowest BCUT2D eigenvalue weighted by Crippen LogP contribution is -2.22. The first-order chi connectivity index (χ1) is 14.2. The maximum atomic E-state index is 12.5. The smallest absolute Gasteiger partial charge is 0.390 e. The van der Waals surface area contributed by atoms with Gasteiger partial charge in [0.15, 0.2) is 0 Å². The number of Topliss-reactive ketones (excluding diaryl/α,β-unsaturated/α-hetero) is 1. The van der Waals surface area contributed by atoms with Gasteiger partial charge in [-0.1, -0.05) is 0 Å². The number of ether oxygens (including phenoxy) is 1. The Kier molecular flexibility index (Phi) is 5.25. The van der Waals surface area contributed by atoms with E-state index in [9.17, 15) is 18.0 Å². The van der Waals surface area contributed by atoms with Crippen molar-refractivity contribution in [2.24, 2.45) is 13.0 Å². The van der Waals surface area contributed by atoms with Gasteiger partial charge in [0.05, 0.1) is 29.2 Å². The second-order valence-electron chi connectivity index (χ2n) is 7.77. The normalized spacial score (nSPS) is 18.3. The molecule has 0 spiro atoms. The molecule has 7 nitrogen and oxygen atoms in total. The zero-order chi connectivity index (χ0) is 21.5. The lowest BCUT2D eigenvalue weighted by atomic mass is 10.0. The van der Waals surface area contributed by atoms with Crippen LogP contribution in [0.3, 0.4) is 0 Å². The third-order valence-corrected chi connectivity index (χ3v) is 5.38. The van der Waals surface area contributed by atoms with Gasteiger partial charge >= 0.3 is 6.18 Å². The van der Waals surface area contributed by atoms with Gasteiger partial charge in [-0.3, -0.25) is 14.2 Å². The monoisotopic (exact) mass is 421 g/mol. The van der Waals surface area contributed by atoms with Gasteiger partial charge < -0.3 is 4.74 Å². The van der Waals surface area contributed by atoms with Crippen LogP contribution in [0.1, 0.15) is 32.6 Å². The first-order valence-electron chi connectivity index (χ1n) is 9.80. The topological polar surface area (TPSA) is 74.8 Å². The Morgan fingerprint density at radius 1 is 1.33 bits per heavy atom. The van der Waals surface area contributed by atoms with Crippen molar-refractivity contribution in [1.29, 1.82) is 0 Å². The Balaban J connectivity index is 1.62. The number of aromatic nitrogens is 5. The summed E-state index contributed by atoms with van der Waals surface area (Å²) in [6, 6.07) is 1.76. The number of rotatable bonds is 6. The number of pyridine rings is 1. The molecule has 1 aliphatic carbocycles. The summed E-state index contributed by atoms with van der Waals surface area (Å²) in [4.78, 5) is 16.2. The molecule has 0 aliphatic heterocycles. The van der Waals surface area contributed by atoms with Gasteiger partial charge in [-0.05, 0) is 19.4 Å². The van der Waals surface area contributed by atoms with Crippen LogP contribution in [0.4, 0.5) is 13.2 Å². The summed E-state index contributed by atoms with van der Waals surface area (Å²) in [7, 11) is 1.79. The van der Waals surface area contributed by atoms with Crippen LogP contribution in [0.15, 0.2) is 24.7 Å². The fourth-order valence-electron chi connectivity index (χ4n) is 3.72. The molecule has 0 unspecified atom stereocenters. The Hall–Kier alpha value is -2.91. The number of fused-ring (bicyclic) bond motifs is 1. The molecule has 1 saturated carbocycles. The molecule has 1 fully saturated rings. The lowest BCUT2D eigenvalue weighted by molar-refractivity contribution is -0.137. The number of hydrogen-bond acceptors (Lipinski definition) is 5. The summed E-state index contributed by atoms with van der Waals surface area (Å²) in [6.07, 6.45) is 1.30. The number of nitrogens with zero attached hydrogens (tertiary/aromatic N) is 5. The van der Waals surface area contributed by atoms with Gasteiger partial charge in [0.2, 0.25) is 5.88 Å². The maximum absolute atomic E-state index is 12.5. The molecule has 4 rings (SSSR count). The largest absolute Gasteiger partial charge is 0.474 e. The molecule has 0 amide bonds. The van der Waals surface area contributed by atoms with Gasteiger partial charge in [-0.2, -0.15) is 23.4 Å². The average molecular weight is 421 g/mol. The molecule has 2 atom stereocenters. The zero-order valence-electron chi connectivity index (χ0n) is 16.7. The van der Waals surface area contributed by atoms with Crippen molar-refractivity contribution >= 4 is 16.7 Å². The molecule has 0 N–H and O–H groups in total. The standard InChI is InChI=1S/C20H22F3N5O2/c1-12(13-3-4-15(29)7-13)30-19-16-11-27(2)26-18(16)8-17(25-19)14-9-24-28(10-14)6-5-20(21,22)23/h8-13H,3-7H2,1-2H3/t12-,13+/m1/s1. The highest BCUT2D eigenvalue weighted by molar-refractivity contribution is 5.86. The van der Waals surface area contributed by atoms with Crippen LogP contribution in [-0.4, -0.2) is 42.6 Å². The van der Waals surface area contributed by atoms with Crippen molar-refractivity contribution in [2.75, 3.05) is 0 Å². The highest BCUT2D eigenvalue weighted by atomic mass is 19.4. The highest BCUT2D eigenvalue weighted by Crippen LogP contribution is 2.32. The Labute approximate surface area is 170 Å². The van der Waals surface area contributed by atoms with E-state index in [1.165, 1.54) is 17.1 Å². The first-order valence-corrected chi connectivity index (χ1v) is 9.80. The van der Waals surface area contributed by atoms with Crippen molar-refractivity contribution in [1.82, 2.24) is 24.5 Å². The van der Waals surface area contributed by atoms with Crippen LogP contribution in [-0.2, 0) is 18.4 Å². The average Bonchev–Trinajstić information content (AvgIpc) is 3.38. The molecule has 30 heavy (non-hydrogen) atoms. The minimum Gasteiger partial charge on any atom is -0.474 e. The molecule has 0 aromatic carbocycles. The second kappa shape index (κ2) is 7.73. The zero-order valence-corrected chi connectivity index (χ0v) is 16.7. The van der Waals surface area contributed by atoms with E-state index in [-0.39, 0.29) is 24.3 Å². The molecule has 0 bridgehead atoms. The Morgan fingerprint density at radius 3 is 2.83 bits per heavy atom. The minimum atomic E-state index is -4.24. The molecule has 3 aromatic rings. The van der Waals surface area contributed by atoms with Crippen molar-refractivity contribution in [3.05, 3.63) is 24.7 Å². The van der Waals surface area contributed by atoms with E-state index in [0.29, 0.717) is 35.5 Å². The molecular formula is C20H22F3N5O2. The van der Waals surface area contributed by atoms with Crippen LogP contribution < -0.4 is 4.74 Å². The fraction of sp³-hybridized carbons (Fsp3) is 0.500. The van der Waals surface area contributed by atoms with Crippen LogP contribution in [0.25, 0.3) is 22.2 Å². The van der Waals surface area contributed by atoms with Crippen molar-refractivity contribution in [2.45, 2.75) is 51.4 Å². The van der Waals surface area contributed by atoms with Crippen molar-refractivity contribution in [3.63, 3.8) is 0 Å². The van der Waals surface area contributed by atoms with E-state index in [4.69, 9.17) is 4.74 Å². The number of alkyl halides is 3. The highest BCUT2D eigenvalue weighted by Gasteiger charge is 2.29. The minimum absolute atomic E-state index is 0.139. The fourth-order valence-corrected chi connectivity index (χ4v) is 3.72. The number of hydrogen-bond donors (Lipinski definition) is 0. The van der Waals surface area contributed by atoms with Crippen LogP contribution >= 0.6 is 0 Å². The van der Waals surface area contributed by atoms with E-state index in [0.717, 1.165) is 11.8 Å². The maximum Gasteiger partial charge on any atom is 0.390 e. The number of carbonyl (C=O) groups excluding carboxylic acids is 1. The number of carbonyl (C=O) groups is 1. The van der Waals surface area contributed by atoms with Gasteiger partial charge in [0.25, 0.3) is 0 Å². The Morgan fingerprint density at radius 2 is 2.13 bits per heavy atom. The van der Waals surface area contributed by atoms with E-state index < -0.39 is 12.6 Å². The summed E-state index contributed by atoms with van der Waals surface area (Å²) < 4.78 is 46.5. The summed E-state index contributed by atoms with van der Waals surface area (Å²) in [5.74, 6) is 0.778. The van der Waals surface area contributed by atoms with Gasteiger partial charge in [-0.25, -0.2) is 4.98 Å². The molecule has 1 aliphatic rings. The number of aryl methyl sites for hydroxylation is 2. The molecule has 10 heteroatoms. The number of halogens is 3. The second-order valence-corrected chi connectivity index (χ2v) is 7.77. The third kappa shape index (κ3) is 4.47. The predicted octanol–water partition coefficient (Wildman–Crippen LogP) is 3.92. The van der Waals surface area contributed by atoms with E-state index in [1.807, 2.05) is 6.92 Å².